The maximum Gasteiger partial charge on any atom is 0.138 e. The van der Waals surface area contributed by atoms with Crippen LogP contribution in [0.5, 0.6) is 0 Å². The van der Waals surface area contributed by atoms with Crippen LogP contribution in [-0.2, 0) is 13.0 Å². The highest BCUT2D eigenvalue weighted by Gasteiger charge is 2.49. The Hall–Kier alpha value is -0.940. The molecule has 2 unspecified atom stereocenters. The summed E-state index contributed by atoms with van der Waals surface area (Å²) in [6, 6.07) is 0.301. The van der Waals surface area contributed by atoms with Crippen LogP contribution in [0.4, 0.5) is 0 Å². The lowest BCUT2D eigenvalue weighted by Gasteiger charge is -2.18. The van der Waals surface area contributed by atoms with Gasteiger partial charge in [-0.3, -0.25) is 11.3 Å². The molecule has 0 radical (unpaired) electrons. The molecule has 0 bridgehead atoms. The molecule has 1 fully saturated rings. The summed E-state index contributed by atoms with van der Waals surface area (Å²) < 4.78 is 2.00. The van der Waals surface area contributed by atoms with Gasteiger partial charge in [0.1, 0.15) is 12.2 Å². The van der Waals surface area contributed by atoms with Crippen LogP contribution in [0.2, 0.25) is 0 Å². The van der Waals surface area contributed by atoms with E-state index in [1.54, 1.807) is 6.33 Å². The van der Waals surface area contributed by atoms with Crippen molar-refractivity contribution < 1.29 is 0 Å². The lowest BCUT2D eigenvalue weighted by molar-refractivity contribution is 0.387. The molecule has 3 N–H and O–H groups in total. The van der Waals surface area contributed by atoms with Gasteiger partial charge in [0.15, 0.2) is 0 Å². The Kier molecular flexibility index (Phi) is 3.73. The third-order valence-corrected chi connectivity index (χ3v) is 3.93. The molecule has 0 aromatic carbocycles. The molecule has 0 aliphatic heterocycles. The van der Waals surface area contributed by atoms with E-state index in [2.05, 4.69) is 43.2 Å². The molecule has 5 nitrogen and oxygen atoms in total. The van der Waals surface area contributed by atoms with Crippen LogP contribution in [0.15, 0.2) is 6.33 Å². The predicted molar refractivity (Wildman–Crippen MR) is 71.6 cm³/mol. The number of rotatable bonds is 6. The van der Waals surface area contributed by atoms with Gasteiger partial charge in [-0.25, -0.2) is 9.67 Å². The van der Waals surface area contributed by atoms with Gasteiger partial charge in [0.25, 0.3) is 0 Å². The first kappa shape index (κ1) is 13.5. The van der Waals surface area contributed by atoms with Crippen LogP contribution in [0.3, 0.4) is 0 Å². The Morgan fingerprint density at radius 3 is 2.72 bits per heavy atom. The van der Waals surface area contributed by atoms with Crippen LogP contribution < -0.4 is 11.3 Å². The van der Waals surface area contributed by atoms with Gasteiger partial charge < -0.3 is 0 Å². The summed E-state index contributed by atoms with van der Waals surface area (Å²) >= 11 is 0. The van der Waals surface area contributed by atoms with Gasteiger partial charge in [-0.2, -0.15) is 5.10 Å². The second-order valence-corrected chi connectivity index (χ2v) is 6.53. The fourth-order valence-corrected chi connectivity index (χ4v) is 2.65. The number of hydrogen-bond donors (Lipinski definition) is 2. The minimum Gasteiger partial charge on any atom is -0.271 e. The molecule has 1 saturated carbocycles. The van der Waals surface area contributed by atoms with Gasteiger partial charge in [0.2, 0.25) is 0 Å². The monoisotopic (exact) mass is 251 g/mol. The van der Waals surface area contributed by atoms with Gasteiger partial charge in [-0.1, -0.05) is 27.7 Å². The van der Waals surface area contributed by atoms with Crippen LogP contribution in [-0.4, -0.2) is 20.8 Å². The van der Waals surface area contributed by atoms with Crippen molar-refractivity contribution in [3.63, 3.8) is 0 Å². The summed E-state index contributed by atoms with van der Waals surface area (Å²) in [6.45, 7) is 9.88. The fraction of sp³-hybridized carbons (Fsp3) is 0.846. The molecule has 1 aromatic heterocycles. The molecule has 0 saturated heterocycles. The van der Waals surface area contributed by atoms with Gasteiger partial charge in [0, 0.05) is 19.0 Å². The lowest BCUT2D eigenvalue weighted by atomic mass is 10.0. The fourth-order valence-electron chi connectivity index (χ4n) is 2.65. The van der Waals surface area contributed by atoms with Crippen molar-refractivity contribution in [3.8, 4) is 0 Å². The van der Waals surface area contributed by atoms with E-state index in [1.807, 2.05) is 4.68 Å². The minimum absolute atomic E-state index is 0.301. The largest absolute Gasteiger partial charge is 0.271 e. The van der Waals surface area contributed by atoms with Gasteiger partial charge in [-0.05, 0) is 23.7 Å². The first-order valence-corrected chi connectivity index (χ1v) is 6.77. The Labute approximate surface area is 109 Å². The summed E-state index contributed by atoms with van der Waals surface area (Å²) in [5.74, 6) is 7.95. The van der Waals surface area contributed by atoms with Crippen LogP contribution in [0.1, 0.15) is 39.9 Å². The Morgan fingerprint density at radius 1 is 1.56 bits per heavy atom. The van der Waals surface area contributed by atoms with E-state index in [1.165, 1.54) is 6.42 Å². The summed E-state index contributed by atoms with van der Waals surface area (Å²) in [4.78, 5) is 4.37. The van der Waals surface area contributed by atoms with Crippen molar-refractivity contribution in [2.24, 2.45) is 23.1 Å². The highest BCUT2D eigenvalue weighted by molar-refractivity contribution is 5.04. The third-order valence-electron chi connectivity index (χ3n) is 3.93. The molecule has 2 atom stereocenters. The summed E-state index contributed by atoms with van der Waals surface area (Å²) in [6.07, 6.45) is 3.74. The van der Waals surface area contributed by atoms with Gasteiger partial charge in [-0.15, -0.1) is 0 Å². The SMILES string of the molecule is CC(C)Cn1ncnc1CC(NN)C1CC1(C)C. The smallest absolute Gasteiger partial charge is 0.138 e. The second kappa shape index (κ2) is 4.97. The molecule has 102 valence electrons. The van der Waals surface area contributed by atoms with E-state index in [9.17, 15) is 0 Å². The van der Waals surface area contributed by atoms with Crippen molar-refractivity contribution in [2.45, 2.75) is 53.1 Å². The Balaban J connectivity index is 2.02. The quantitative estimate of drug-likeness (QED) is 0.591. The van der Waals surface area contributed by atoms with Crippen molar-refractivity contribution in [1.29, 1.82) is 0 Å². The van der Waals surface area contributed by atoms with E-state index in [0.717, 1.165) is 18.8 Å². The zero-order valence-electron chi connectivity index (χ0n) is 11.8. The molecular weight excluding hydrogens is 226 g/mol. The lowest BCUT2D eigenvalue weighted by Crippen LogP contribution is -2.40. The number of hydrazine groups is 1. The maximum atomic E-state index is 5.70. The third kappa shape index (κ3) is 2.90. The van der Waals surface area contributed by atoms with Gasteiger partial charge >= 0.3 is 0 Å². The Morgan fingerprint density at radius 2 is 2.22 bits per heavy atom. The molecule has 18 heavy (non-hydrogen) atoms. The summed E-state index contributed by atoms with van der Waals surface area (Å²) in [7, 11) is 0. The van der Waals surface area contributed by atoms with Crippen molar-refractivity contribution in [2.75, 3.05) is 0 Å². The standard InChI is InChI=1S/C13H25N5/c1-9(2)7-18-12(15-8-16-18)5-11(17-14)10-6-13(10,3)4/h8-11,17H,5-7,14H2,1-4H3. The average molecular weight is 251 g/mol. The summed E-state index contributed by atoms with van der Waals surface area (Å²) in [5, 5.41) is 4.30. The zero-order valence-corrected chi connectivity index (χ0v) is 11.8. The second-order valence-electron chi connectivity index (χ2n) is 6.53. The molecular formula is C13H25N5. The van der Waals surface area contributed by atoms with Crippen LogP contribution in [0.25, 0.3) is 0 Å². The molecule has 5 heteroatoms. The van der Waals surface area contributed by atoms with E-state index in [-0.39, 0.29) is 0 Å². The number of hydrogen-bond acceptors (Lipinski definition) is 4. The average Bonchev–Trinajstić information content (AvgIpc) is 2.70. The Bertz CT molecular complexity index is 396. The number of aromatic nitrogens is 3. The number of nitrogens with zero attached hydrogens (tertiary/aromatic N) is 3. The van der Waals surface area contributed by atoms with Crippen molar-refractivity contribution in [1.82, 2.24) is 20.2 Å². The van der Waals surface area contributed by atoms with Crippen LogP contribution in [0, 0.1) is 17.3 Å². The molecule has 1 aliphatic rings. The molecule has 1 aromatic rings. The topological polar surface area (TPSA) is 68.8 Å². The van der Waals surface area contributed by atoms with Crippen molar-refractivity contribution >= 4 is 0 Å². The van der Waals surface area contributed by atoms with Gasteiger partial charge in [0.05, 0.1) is 0 Å². The molecule has 2 rings (SSSR count). The number of nitrogens with two attached hydrogens (primary N) is 1. The first-order chi connectivity index (χ1) is 8.44. The summed E-state index contributed by atoms with van der Waals surface area (Å²) in [5.41, 5.74) is 3.37. The van der Waals surface area contributed by atoms with Crippen molar-refractivity contribution in [3.05, 3.63) is 12.2 Å². The zero-order chi connectivity index (χ0) is 13.3. The highest BCUT2D eigenvalue weighted by atomic mass is 15.3. The normalized spacial score (nSPS) is 23.3. The molecule has 0 amide bonds. The molecule has 1 aliphatic carbocycles. The molecule has 0 spiro atoms. The van der Waals surface area contributed by atoms with E-state index < -0.39 is 0 Å². The number of nitrogens with one attached hydrogen (secondary N) is 1. The van der Waals surface area contributed by atoms with E-state index >= 15 is 0 Å². The van der Waals surface area contributed by atoms with E-state index in [4.69, 9.17) is 5.84 Å². The predicted octanol–water partition coefficient (Wildman–Crippen LogP) is 1.35. The molecule has 1 heterocycles. The first-order valence-electron chi connectivity index (χ1n) is 6.77. The highest BCUT2D eigenvalue weighted by Crippen LogP contribution is 2.53. The maximum absolute atomic E-state index is 5.70. The van der Waals surface area contributed by atoms with E-state index in [0.29, 0.717) is 23.3 Å². The van der Waals surface area contributed by atoms with Crippen LogP contribution >= 0.6 is 0 Å². The minimum atomic E-state index is 0.301.